The van der Waals surface area contributed by atoms with Crippen molar-refractivity contribution < 1.29 is 4.74 Å². The van der Waals surface area contributed by atoms with Crippen LogP contribution in [0, 0.1) is 5.92 Å². The summed E-state index contributed by atoms with van der Waals surface area (Å²) in [6.07, 6.45) is 4.18. The predicted octanol–water partition coefficient (Wildman–Crippen LogP) is 2.24. The van der Waals surface area contributed by atoms with E-state index in [9.17, 15) is 0 Å². The van der Waals surface area contributed by atoms with E-state index in [-0.39, 0.29) is 0 Å². The van der Waals surface area contributed by atoms with Crippen LogP contribution in [0.2, 0.25) is 0 Å². The van der Waals surface area contributed by atoms with E-state index in [1.807, 2.05) is 14.1 Å². The molecule has 2 fully saturated rings. The van der Waals surface area contributed by atoms with Crippen LogP contribution in [0.4, 0.5) is 11.5 Å². The van der Waals surface area contributed by atoms with Crippen LogP contribution in [0.1, 0.15) is 12.8 Å². The van der Waals surface area contributed by atoms with Crippen LogP contribution >= 0.6 is 0 Å². The van der Waals surface area contributed by atoms with Crippen molar-refractivity contribution in [3.8, 4) is 0 Å². The van der Waals surface area contributed by atoms with E-state index in [1.54, 1.807) is 6.33 Å². The summed E-state index contributed by atoms with van der Waals surface area (Å²) in [4.78, 5) is 16.0. The summed E-state index contributed by atoms with van der Waals surface area (Å²) in [6.45, 7) is 7.47. The molecule has 0 aliphatic carbocycles. The minimum Gasteiger partial charge on any atom is -0.381 e. The van der Waals surface area contributed by atoms with E-state index in [0.717, 1.165) is 62.0 Å². The molecule has 4 rings (SSSR count). The second-order valence-corrected chi connectivity index (χ2v) is 7.66. The molecule has 1 unspecified atom stereocenters. The van der Waals surface area contributed by atoms with Crippen molar-refractivity contribution >= 4 is 22.4 Å². The molecule has 0 radical (unpaired) electrons. The Kier molecular flexibility index (Phi) is 5.22. The molecule has 26 heavy (non-hydrogen) atoms. The number of rotatable bonds is 4. The van der Waals surface area contributed by atoms with Crippen LogP contribution < -0.4 is 9.80 Å². The highest BCUT2D eigenvalue weighted by molar-refractivity contribution is 5.91. The molecule has 2 aliphatic rings. The molecule has 6 heteroatoms. The van der Waals surface area contributed by atoms with Crippen molar-refractivity contribution in [3.63, 3.8) is 0 Å². The average Bonchev–Trinajstić information content (AvgIpc) is 2.68. The lowest BCUT2D eigenvalue weighted by molar-refractivity contribution is 0.0377. The van der Waals surface area contributed by atoms with E-state index in [0.29, 0.717) is 0 Å². The summed E-state index contributed by atoms with van der Waals surface area (Å²) in [5.41, 5.74) is 2.28. The Morgan fingerprint density at radius 1 is 1.15 bits per heavy atom. The fourth-order valence-electron chi connectivity index (χ4n) is 4.09. The molecule has 2 saturated heterocycles. The fourth-order valence-corrected chi connectivity index (χ4v) is 4.09. The van der Waals surface area contributed by atoms with Gasteiger partial charge >= 0.3 is 0 Å². The minimum atomic E-state index is 0.718. The minimum absolute atomic E-state index is 0.718. The lowest BCUT2D eigenvalue weighted by atomic mass is 10.0. The molecule has 0 bridgehead atoms. The number of fused-ring (bicyclic) bond motifs is 1. The third-order valence-corrected chi connectivity index (χ3v) is 5.53. The van der Waals surface area contributed by atoms with Crippen LogP contribution in [0.3, 0.4) is 0 Å². The number of benzene rings is 1. The molecule has 2 aromatic rings. The molecule has 6 nitrogen and oxygen atoms in total. The van der Waals surface area contributed by atoms with Gasteiger partial charge in [-0.05, 0) is 37.0 Å². The second-order valence-electron chi connectivity index (χ2n) is 7.66. The van der Waals surface area contributed by atoms with Gasteiger partial charge in [-0.1, -0.05) is 0 Å². The Labute approximate surface area is 155 Å². The number of hydrogen-bond donors (Lipinski definition) is 0. The van der Waals surface area contributed by atoms with Gasteiger partial charge in [0.25, 0.3) is 0 Å². The van der Waals surface area contributed by atoms with Crippen molar-refractivity contribution in [1.29, 1.82) is 0 Å². The molecule has 1 aromatic carbocycles. The van der Waals surface area contributed by atoms with Crippen molar-refractivity contribution in [2.45, 2.75) is 12.8 Å². The van der Waals surface area contributed by atoms with Gasteiger partial charge in [0.1, 0.15) is 12.1 Å². The molecule has 140 valence electrons. The van der Waals surface area contributed by atoms with Crippen LogP contribution in [-0.2, 0) is 4.74 Å². The molecule has 3 heterocycles. The average molecular weight is 355 g/mol. The van der Waals surface area contributed by atoms with Gasteiger partial charge in [-0.15, -0.1) is 0 Å². The van der Waals surface area contributed by atoms with Crippen LogP contribution in [0.15, 0.2) is 24.5 Å². The van der Waals surface area contributed by atoms with E-state index >= 15 is 0 Å². The second kappa shape index (κ2) is 7.76. The van der Waals surface area contributed by atoms with Crippen LogP contribution in [0.5, 0.6) is 0 Å². The normalized spacial score (nSPS) is 21.9. The standard InChI is InChI=1S/C20H29N5O/c1-23(2)20-18-12-17(5-6-19(18)21-15-22-20)25-9-7-24(8-10-25)13-16-4-3-11-26-14-16/h5-6,12,15-16H,3-4,7-11,13-14H2,1-2H3. The summed E-state index contributed by atoms with van der Waals surface area (Å²) in [6, 6.07) is 6.56. The Balaban J connectivity index is 1.43. The van der Waals surface area contributed by atoms with Gasteiger partial charge < -0.3 is 14.5 Å². The molecule has 2 aliphatic heterocycles. The topological polar surface area (TPSA) is 44.7 Å². The van der Waals surface area contributed by atoms with E-state index in [1.165, 1.54) is 25.1 Å². The molecular weight excluding hydrogens is 326 g/mol. The van der Waals surface area contributed by atoms with Gasteiger partial charge in [-0.25, -0.2) is 9.97 Å². The predicted molar refractivity (Wildman–Crippen MR) is 106 cm³/mol. The lowest BCUT2D eigenvalue weighted by Gasteiger charge is -2.38. The van der Waals surface area contributed by atoms with Crippen LogP contribution in [0.25, 0.3) is 10.9 Å². The van der Waals surface area contributed by atoms with Gasteiger partial charge in [0.05, 0.1) is 12.1 Å². The molecule has 0 N–H and O–H groups in total. The van der Waals surface area contributed by atoms with E-state index < -0.39 is 0 Å². The Morgan fingerprint density at radius 3 is 2.73 bits per heavy atom. The zero-order valence-electron chi connectivity index (χ0n) is 15.9. The van der Waals surface area contributed by atoms with E-state index in [2.05, 4.69) is 42.9 Å². The van der Waals surface area contributed by atoms with Crippen molar-refractivity contribution in [2.75, 3.05) is 69.8 Å². The summed E-state index contributed by atoms with van der Waals surface area (Å²) < 4.78 is 5.63. The Hall–Kier alpha value is -1.92. The Morgan fingerprint density at radius 2 is 2.00 bits per heavy atom. The SMILES string of the molecule is CN(C)c1ncnc2ccc(N3CCN(CC4CCCOC4)CC3)cc12. The first-order valence-electron chi connectivity index (χ1n) is 9.68. The summed E-state index contributed by atoms with van der Waals surface area (Å²) in [5.74, 6) is 1.70. The zero-order chi connectivity index (χ0) is 17.9. The number of piperazine rings is 1. The zero-order valence-corrected chi connectivity index (χ0v) is 15.9. The van der Waals surface area contributed by atoms with E-state index in [4.69, 9.17) is 4.74 Å². The molecule has 0 amide bonds. The fraction of sp³-hybridized carbons (Fsp3) is 0.600. The van der Waals surface area contributed by atoms with Gasteiger partial charge in [-0.2, -0.15) is 0 Å². The number of nitrogens with zero attached hydrogens (tertiary/aromatic N) is 5. The monoisotopic (exact) mass is 355 g/mol. The van der Waals surface area contributed by atoms with Gasteiger partial charge in [0.2, 0.25) is 0 Å². The van der Waals surface area contributed by atoms with Gasteiger partial charge in [-0.3, -0.25) is 4.90 Å². The maximum absolute atomic E-state index is 5.63. The summed E-state index contributed by atoms with van der Waals surface area (Å²) in [5, 5.41) is 1.12. The highest BCUT2D eigenvalue weighted by atomic mass is 16.5. The number of aromatic nitrogens is 2. The maximum atomic E-state index is 5.63. The van der Waals surface area contributed by atoms with Crippen molar-refractivity contribution in [2.24, 2.45) is 5.92 Å². The largest absolute Gasteiger partial charge is 0.381 e. The molecular formula is C20H29N5O. The highest BCUT2D eigenvalue weighted by Crippen LogP contribution is 2.27. The first kappa shape index (κ1) is 17.5. The quantitative estimate of drug-likeness (QED) is 0.838. The summed E-state index contributed by atoms with van der Waals surface area (Å²) >= 11 is 0. The Bertz CT molecular complexity index is 736. The van der Waals surface area contributed by atoms with Gasteiger partial charge in [0.15, 0.2) is 0 Å². The summed E-state index contributed by atoms with van der Waals surface area (Å²) in [7, 11) is 4.06. The first-order valence-corrected chi connectivity index (χ1v) is 9.68. The number of hydrogen-bond acceptors (Lipinski definition) is 6. The molecule has 0 saturated carbocycles. The third kappa shape index (κ3) is 3.76. The maximum Gasteiger partial charge on any atom is 0.139 e. The molecule has 0 spiro atoms. The first-order chi connectivity index (χ1) is 12.7. The van der Waals surface area contributed by atoms with Crippen LogP contribution in [-0.4, -0.2) is 74.9 Å². The van der Waals surface area contributed by atoms with Gasteiger partial charge in [0, 0.05) is 64.5 Å². The highest BCUT2D eigenvalue weighted by Gasteiger charge is 2.22. The third-order valence-electron chi connectivity index (χ3n) is 5.53. The molecule has 1 aromatic heterocycles. The van der Waals surface area contributed by atoms with Crippen molar-refractivity contribution in [1.82, 2.24) is 14.9 Å². The number of ether oxygens (including phenoxy) is 1. The van der Waals surface area contributed by atoms with Crippen molar-refractivity contribution in [3.05, 3.63) is 24.5 Å². The lowest BCUT2D eigenvalue weighted by Crippen LogP contribution is -2.48. The number of anilines is 2. The smallest absolute Gasteiger partial charge is 0.139 e. The molecule has 1 atom stereocenters.